The number of benzene rings is 2. The number of aromatic amines is 1. The fourth-order valence-corrected chi connectivity index (χ4v) is 4.50. The number of H-pyrrole nitrogens is 1. The lowest BCUT2D eigenvalue weighted by atomic mass is 9.95. The topological polar surface area (TPSA) is 62.8 Å². The van der Waals surface area contributed by atoms with Crippen molar-refractivity contribution in [2.45, 2.75) is 30.3 Å². The van der Waals surface area contributed by atoms with E-state index in [1.165, 1.54) is 17.3 Å². The molecule has 0 spiro atoms. The average Bonchev–Trinajstić information content (AvgIpc) is 3.10. The fourth-order valence-electron chi connectivity index (χ4n) is 3.60. The Balaban J connectivity index is 1.46. The zero-order valence-electron chi connectivity index (χ0n) is 15.2. The summed E-state index contributed by atoms with van der Waals surface area (Å²) in [6, 6.07) is 17.0. The zero-order valence-corrected chi connectivity index (χ0v) is 16.7. The van der Waals surface area contributed by atoms with Crippen LogP contribution in [0.1, 0.15) is 39.5 Å². The van der Waals surface area contributed by atoms with E-state index < -0.39 is 0 Å². The van der Waals surface area contributed by atoms with Crippen LogP contribution in [0.3, 0.4) is 0 Å². The molecule has 1 aromatic heterocycles. The molecule has 1 unspecified atom stereocenters. The van der Waals surface area contributed by atoms with Gasteiger partial charge in [-0.05, 0) is 55.0 Å². The van der Waals surface area contributed by atoms with E-state index >= 15 is 0 Å². The minimum absolute atomic E-state index is 0.0215. The van der Waals surface area contributed by atoms with E-state index in [4.69, 9.17) is 11.6 Å². The molecular formula is C22H19ClN2O2S. The summed E-state index contributed by atoms with van der Waals surface area (Å²) in [5, 5.41) is 1.10. The van der Waals surface area contributed by atoms with Gasteiger partial charge in [0.1, 0.15) is 0 Å². The minimum Gasteiger partial charge on any atom is -0.301 e. The van der Waals surface area contributed by atoms with Crippen molar-refractivity contribution in [2.75, 3.05) is 5.75 Å². The highest BCUT2D eigenvalue weighted by Gasteiger charge is 2.28. The van der Waals surface area contributed by atoms with Crippen molar-refractivity contribution in [1.29, 1.82) is 0 Å². The van der Waals surface area contributed by atoms with Gasteiger partial charge in [-0.15, -0.1) is 0 Å². The number of ketones is 1. The quantitative estimate of drug-likeness (QED) is 0.364. The third-order valence-corrected chi connectivity index (χ3v) is 6.11. The molecule has 0 amide bonds. The Hall–Kier alpha value is -2.37. The Labute approximate surface area is 172 Å². The highest BCUT2D eigenvalue weighted by atomic mass is 35.5. The largest absolute Gasteiger partial charge is 0.301 e. The number of carbonyl (C=O) groups is 1. The van der Waals surface area contributed by atoms with Crippen LogP contribution in [0.15, 0.2) is 64.5 Å². The second kappa shape index (κ2) is 8.33. The van der Waals surface area contributed by atoms with Gasteiger partial charge in [-0.3, -0.25) is 9.59 Å². The monoisotopic (exact) mass is 410 g/mol. The maximum atomic E-state index is 12.7. The normalized spacial score (nSPS) is 15.4. The molecule has 4 nitrogen and oxygen atoms in total. The van der Waals surface area contributed by atoms with Gasteiger partial charge in [-0.2, -0.15) is 0 Å². The number of hydrogen-bond donors (Lipinski definition) is 1. The molecule has 1 atom stereocenters. The lowest BCUT2D eigenvalue weighted by Gasteiger charge is -2.11. The van der Waals surface area contributed by atoms with Crippen LogP contribution < -0.4 is 5.56 Å². The number of nitrogens with one attached hydrogen (secondary N) is 1. The van der Waals surface area contributed by atoms with Gasteiger partial charge < -0.3 is 4.98 Å². The first-order valence-corrected chi connectivity index (χ1v) is 10.5. The zero-order chi connectivity index (χ0) is 19.5. The second-order valence-electron chi connectivity index (χ2n) is 6.88. The molecule has 1 heterocycles. The predicted octanol–water partition coefficient (Wildman–Crippen LogP) is 4.67. The van der Waals surface area contributed by atoms with Crippen molar-refractivity contribution in [3.05, 3.63) is 92.4 Å². The first kappa shape index (κ1) is 19.0. The van der Waals surface area contributed by atoms with Gasteiger partial charge in [0, 0.05) is 16.1 Å². The van der Waals surface area contributed by atoms with Crippen LogP contribution in [0.5, 0.6) is 0 Å². The van der Waals surface area contributed by atoms with Crippen molar-refractivity contribution < 1.29 is 4.79 Å². The lowest BCUT2D eigenvalue weighted by Crippen LogP contribution is -2.18. The molecule has 0 radical (unpaired) electrons. The molecular weight excluding hydrogens is 392 g/mol. The van der Waals surface area contributed by atoms with E-state index in [9.17, 15) is 9.59 Å². The van der Waals surface area contributed by atoms with Gasteiger partial charge in [0.25, 0.3) is 5.56 Å². The molecule has 3 aromatic rings. The molecule has 0 saturated carbocycles. The predicted molar refractivity (Wildman–Crippen MR) is 113 cm³/mol. The Bertz CT molecular complexity index is 1050. The van der Waals surface area contributed by atoms with Crippen LogP contribution in [0.4, 0.5) is 0 Å². The molecule has 0 saturated heterocycles. The number of thioether (sulfide) groups is 1. The first-order chi connectivity index (χ1) is 13.6. The first-order valence-electron chi connectivity index (χ1n) is 9.19. The summed E-state index contributed by atoms with van der Waals surface area (Å²) in [6.45, 7) is 0. The standard InChI is InChI=1S/C22H19ClN2O2S/c23-17-9-6-15(7-10-17)19(26)13-28-22-24-18-11-8-16(20(18)21(27)25-22)12-14-4-2-1-3-5-14/h1-7,9-10,16H,8,11-13H2,(H,24,25,27). The van der Waals surface area contributed by atoms with Gasteiger partial charge in [-0.25, -0.2) is 4.98 Å². The maximum Gasteiger partial charge on any atom is 0.255 e. The van der Waals surface area contributed by atoms with Gasteiger partial charge in [0.2, 0.25) is 0 Å². The summed E-state index contributed by atoms with van der Waals surface area (Å²) in [5.74, 6) is 0.395. The van der Waals surface area contributed by atoms with E-state index in [1.807, 2.05) is 18.2 Å². The van der Waals surface area contributed by atoms with E-state index in [-0.39, 0.29) is 23.0 Å². The van der Waals surface area contributed by atoms with Crippen molar-refractivity contribution in [3.8, 4) is 0 Å². The second-order valence-corrected chi connectivity index (χ2v) is 8.28. The summed E-state index contributed by atoms with van der Waals surface area (Å²) in [6.07, 6.45) is 2.58. The Morgan fingerprint density at radius 1 is 1.14 bits per heavy atom. The summed E-state index contributed by atoms with van der Waals surface area (Å²) >= 11 is 7.12. The molecule has 0 fully saturated rings. The Morgan fingerprint density at radius 2 is 1.89 bits per heavy atom. The number of nitrogens with zero attached hydrogens (tertiary/aromatic N) is 1. The SMILES string of the molecule is O=C(CSc1nc2c(c(=O)[nH]1)C(Cc1ccccc1)CC2)c1ccc(Cl)cc1. The number of rotatable bonds is 6. The molecule has 1 N–H and O–H groups in total. The van der Waals surface area contributed by atoms with Crippen LogP contribution in [0, 0.1) is 0 Å². The molecule has 1 aliphatic carbocycles. The van der Waals surface area contributed by atoms with Crippen LogP contribution in [0.25, 0.3) is 0 Å². The van der Waals surface area contributed by atoms with E-state index in [2.05, 4.69) is 22.1 Å². The molecule has 28 heavy (non-hydrogen) atoms. The molecule has 1 aliphatic rings. The molecule has 4 rings (SSSR count). The molecule has 2 aromatic carbocycles. The number of carbonyl (C=O) groups excluding carboxylic acids is 1. The van der Waals surface area contributed by atoms with Crippen LogP contribution in [-0.2, 0) is 12.8 Å². The van der Waals surface area contributed by atoms with Gasteiger partial charge in [0.15, 0.2) is 10.9 Å². The molecule has 6 heteroatoms. The third kappa shape index (κ3) is 4.21. The number of aromatic nitrogens is 2. The number of hydrogen-bond acceptors (Lipinski definition) is 4. The maximum absolute atomic E-state index is 12.7. The Morgan fingerprint density at radius 3 is 2.64 bits per heavy atom. The number of fused-ring (bicyclic) bond motifs is 1. The van der Waals surface area contributed by atoms with Crippen molar-refractivity contribution in [2.24, 2.45) is 0 Å². The van der Waals surface area contributed by atoms with Crippen LogP contribution in [0.2, 0.25) is 5.02 Å². The van der Waals surface area contributed by atoms with Crippen molar-refractivity contribution in [3.63, 3.8) is 0 Å². The minimum atomic E-state index is -0.0788. The summed E-state index contributed by atoms with van der Waals surface area (Å²) < 4.78 is 0. The molecule has 0 bridgehead atoms. The van der Waals surface area contributed by atoms with E-state index in [1.54, 1.807) is 24.3 Å². The lowest BCUT2D eigenvalue weighted by molar-refractivity contribution is 0.102. The smallest absolute Gasteiger partial charge is 0.255 e. The number of halogens is 1. The van der Waals surface area contributed by atoms with E-state index in [0.717, 1.165) is 30.5 Å². The summed E-state index contributed by atoms with van der Waals surface area (Å²) in [4.78, 5) is 32.5. The van der Waals surface area contributed by atoms with E-state index in [0.29, 0.717) is 15.7 Å². The third-order valence-electron chi connectivity index (χ3n) is 4.98. The van der Waals surface area contributed by atoms with Gasteiger partial charge in [0.05, 0.1) is 11.4 Å². The number of Topliss-reactive ketones (excluding diaryl/α,β-unsaturated/α-hetero) is 1. The molecule has 0 aliphatic heterocycles. The Kier molecular flexibility index (Phi) is 5.64. The van der Waals surface area contributed by atoms with Gasteiger partial charge in [-0.1, -0.05) is 53.7 Å². The molecule has 142 valence electrons. The highest BCUT2D eigenvalue weighted by molar-refractivity contribution is 7.99. The fraction of sp³-hybridized carbons (Fsp3) is 0.227. The highest BCUT2D eigenvalue weighted by Crippen LogP contribution is 2.32. The summed E-state index contributed by atoms with van der Waals surface area (Å²) in [5.41, 5.74) is 3.42. The van der Waals surface area contributed by atoms with Gasteiger partial charge >= 0.3 is 0 Å². The average molecular weight is 411 g/mol. The van der Waals surface area contributed by atoms with Crippen LogP contribution >= 0.6 is 23.4 Å². The van der Waals surface area contributed by atoms with Crippen LogP contribution in [-0.4, -0.2) is 21.5 Å². The summed E-state index contributed by atoms with van der Waals surface area (Å²) in [7, 11) is 0. The van der Waals surface area contributed by atoms with Crippen molar-refractivity contribution >= 4 is 29.1 Å². The van der Waals surface area contributed by atoms with Crippen molar-refractivity contribution in [1.82, 2.24) is 9.97 Å². The number of aryl methyl sites for hydroxylation is 1.